The molecule has 2 amide bonds. The lowest BCUT2D eigenvalue weighted by Gasteiger charge is -2.40. The van der Waals surface area contributed by atoms with Gasteiger partial charge in [0.25, 0.3) is 0 Å². The van der Waals surface area contributed by atoms with Crippen molar-refractivity contribution in [3.8, 4) is 0 Å². The molecule has 0 radical (unpaired) electrons. The standard InChI is InChI=1S/C16H28N2O3/c1-16(12-21-13-16)11-17(2)14(19)7-8-15(20)18-9-5-3-4-6-10-18/h3-13H2,1-2H3. The normalized spacial score (nSPS) is 21.3. The summed E-state index contributed by atoms with van der Waals surface area (Å²) in [4.78, 5) is 28.0. The van der Waals surface area contributed by atoms with Crippen molar-refractivity contribution in [3.05, 3.63) is 0 Å². The zero-order valence-corrected chi connectivity index (χ0v) is 13.4. The Morgan fingerprint density at radius 2 is 1.71 bits per heavy atom. The molecule has 2 rings (SSSR count). The van der Waals surface area contributed by atoms with Crippen molar-refractivity contribution in [1.29, 1.82) is 0 Å². The van der Waals surface area contributed by atoms with Gasteiger partial charge < -0.3 is 14.5 Å². The predicted molar refractivity (Wildman–Crippen MR) is 80.8 cm³/mol. The lowest BCUT2D eigenvalue weighted by atomic mass is 9.88. The van der Waals surface area contributed by atoms with Crippen molar-refractivity contribution < 1.29 is 14.3 Å². The van der Waals surface area contributed by atoms with Crippen LogP contribution in [0.15, 0.2) is 0 Å². The number of nitrogens with zero attached hydrogens (tertiary/aromatic N) is 2. The van der Waals surface area contributed by atoms with Crippen LogP contribution >= 0.6 is 0 Å². The second kappa shape index (κ2) is 7.25. The van der Waals surface area contributed by atoms with Gasteiger partial charge in [0.1, 0.15) is 0 Å². The van der Waals surface area contributed by atoms with E-state index in [-0.39, 0.29) is 17.2 Å². The minimum Gasteiger partial charge on any atom is -0.380 e. The summed E-state index contributed by atoms with van der Waals surface area (Å²) in [5, 5.41) is 0. The van der Waals surface area contributed by atoms with Crippen LogP contribution in [0.1, 0.15) is 45.4 Å². The minimum absolute atomic E-state index is 0.0614. The molecule has 2 saturated heterocycles. The van der Waals surface area contributed by atoms with Gasteiger partial charge in [-0.25, -0.2) is 0 Å². The second-order valence-corrected chi connectivity index (χ2v) is 6.85. The third-order valence-corrected chi connectivity index (χ3v) is 4.46. The van der Waals surface area contributed by atoms with E-state index in [0.29, 0.717) is 19.4 Å². The van der Waals surface area contributed by atoms with Crippen molar-refractivity contribution in [1.82, 2.24) is 9.80 Å². The summed E-state index contributed by atoms with van der Waals surface area (Å²) in [6.07, 6.45) is 5.28. The van der Waals surface area contributed by atoms with Gasteiger partial charge in [-0.1, -0.05) is 19.8 Å². The maximum absolute atomic E-state index is 12.2. The van der Waals surface area contributed by atoms with Gasteiger partial charge in [-0.15, -0.1) is 0 Å². The smallest absolute Gasteiger partial charge is 0.223 e. The van der Waals surface area contributed by atoms with Crippen LogP contribution in [0.5, 0.6) is 0 Å². The molecule has 0 aromatic carbocycles. The maximum Gasteiger partial charge on any atom is 0.223 e. The fourth-order valence-electron chi connectivity index (χ4n) is 3.09. The molecule has 0 aromatic heterocycles. The largest absolute Gasteiger partial charge is 0.380 e. The monoisotopic (exact) mass is 296 g/mol. The van der Waals surface area contributed by atoms with Gasteiger partial charge in [-0.3, -0.25) is 9.59 Å². The molecular weight excluding hydrogens is 268 g/mol. The fraction of sp³-hybridized carbons (Fsp3) is 0.875. The van der Waals surface area contributed by atoms with Crippen LogP contribution in [0.3, 0.4) is 0 Å². The molecule has 0 saturated carbocycles. The van der Waals surface area contributed by atoms with Crippen LogP contribution in [0.2, 0.25) is 0 Å². The number of likely N-dealkylation sites (tertiary alicyclic amines) is 1. The van der Waals surface area contributed by atoms with Crippen molar-refractivity contribution in [2.24, 2.45) is 5.41 Å². The number of hydrogen-bond acceptors (Lipinski definition) is 3. The molecule has 2 heterocycles. The minimum atomic E-state index is 0.0614. The average Bonchev–Trinajstić information content (AvgIpc) is 2.71. The van der Waals surface area contributed by atoms with E-state index < -0.39 is 0 Å². The lowest BCUT2D eigenvalue weighted by Crippen LogP contribution is -2.49. The Morgan fingerprint density at radius 3 is 2.24 bits per heavy atom. The lowest BCUT2D eigenvalue weighted by molar-refractivity contribution is -0.144. The summed E-state index contributed by atoms with van der Waals surface area (Å²) in [5.41, 5.74) is 0.0964. The third-order valence-electron chi connectivity index (χ3n) is 4.46. The average molecular weight is 296 g/mol. The van der Waals surface area contributed by atoms with E-state index in [4.69, 9.17) is 4.74 Å². The third kappa shape index (κ3) is 4.70. The van der Waals surface area contributed by atoms with Gasteiger partial charge in [-0.2, -0.15) is 0 Å². The van der Waals surface area contributed by atoms with Gasteiger partial charge in [0, 0.05) is 44.9 Å². The van der Waals surface area contributed by atoms with E-state index in [1.54, 1.807) is 4.90 Å². The van der Waals surface area contributed by atoms with Gasteiger partial charge in [-0.05, 0) is 12.8 Å². The summed E-state index contributed by atoms with van der Waals surface area (Å²) < 4.78 is 5.21. The predicted octanol–water partition coefficient (Wildman–Crippen LogP) is 1.66. The SMILES string of the molecule is CN(CC1(C)COC1)C(=O)CCC(=O)N1CCCCCC1. The molecule has 5 heteroatoms. The Hall–Kier alpha value is -1.10. The summed E-state index contributed by atoms with van der Waals surface area (Å²) in [5.74, 6) is 0.197. The van der Waals surface area contributed by atoms with Crippen molar-refractivity contribution in [2.75, 3.05) is 39.9 Å². The first-order valence-corrected chi connectivity index (χ1v) is 8.10. The van der Waals surface area contributed by atoms with Crippen LogP contribution in [0, 0.1) is 5.41 Å². The van der Waals surface area contributed by atoms with Gasteiger partial charge in [0.2, 0.25) is 11.8 Å². The van der Waals surface area contributed by atoms with Crippen LogP contribution in [-0.2, 0) is 14.3 Å². The summed E-state index contributed by atoms with van der Waals surface area (Å²) in [6.45, 7) is 6.00. The quantitative estimate of drug-likeness (QED) is 0.775. The van der Waals surface area contributed by atoms with E-state index in [1.807, 2.05) is 11.9 Å². The Bertz CT molecular complexity index is 372. The molecule has 0 bridgehead atoms. The molecule has 21 heavy (non-hydrogen) atoms. The highest BCUT2D eigenvalue weighted by Crippen LogP contribution is 2.27. The van der Waals surface area contributed by atoms with Gasteiger partial charge in [0.15, 0.2) is 0 Å². The van der Waals surface area contributed by atoms with E-state index in [9.17, 15) is 9.59 Å². The van der Waals surface area contributed by atoms with Crippen molar-refractivity contribution >= 4 is 11.8 Å². The summed E-state index contributed by atoms with van der Waals surface area (Å²) in [6, 6.07) is 0. The van der Waals surface area contributed by atoms with Crippen molar-refractivity contribution in [2.45, 2.75) is 45.4 Å². The van der Waals surface area contributed by atoms with E-state index in [1.165, 1.54) is 12.8 Å². The fourth-order valence-corrected chi connectivity index (χ4v) is 3.09. The maximum atomic E-state index is 12.2. The van der Waals surface area contributed by atoms with Crippen LogP contribution in [-0.4, -0.2) is 61.5 Å². The van der Waals surface area contributed by atoms with Gasteiger partial charge >= 0.3 is 0 Å². The molecule has 2 aliphatic heterocycles. The number of carbonyl (C=O) groups excluding carboxylic acids is 2. The molecule has 2 aliphatic rings. The molecule has 0 unspecified atom stereocenters. The summed E-state index contributed by atoms with van der Waals surface area (Å²) in [7, 11) is 1.82. The zero-order valence-electron chi connectivity index (χ0n) is 13.4. The first kappa shape index (κ1) is 16.3. The molecular formula is C16H28N2O3. The van der Waals surface area contributed by atoms with E-state index >= 15 is 0 Å². The molecule has 0 spiro atoms. The Balaban J connectivity index is 1.70. The molecule has 0 N–H and O–H groups in total. The number of carbonyl (C=O) groups is 2. The first-order valence-electron chi connectivity index (χ1n) is 8.10. The number of rotatable bonds is 5. The highest BCUT2D eigenvalue weighted by Gasteiger charge is 2.35. The molecule has 2 fully saturated rings. The first-order chi connectivity index (χ1) is 10.0. The van der Waals surface area contributed by atoms with Gasteiger partial charge in [0.05, 0.1) is 13.2 Å². The zero-order chi connectivity index (χ0) is 15.3. The number of amides is 2. The number of ether oxygens (including phenoxy) is 1. The summed E-state index contributed by atoms with van der Waals surface area (Å²) >= 11 is 0. The Kier molecular flexibility index (Phi) is 5.62. The topological polar surface area (TPSA) is 49.9 Å². The Morgan fingerprint density at radius 1 is 1.10 bits per heavy atom. The molecule has 5 nitrogen and oxygen atoms in total. The molecule has 0 aromatic rings. The van der Waals surface area contributed by atoms with Crippen LogP contribution < -0.4 is 0 Å². The number of hydrogen-bond donors (Lipinski definition) is 0. The Labute approximate surface area is 127 Å². The van der Waals surface area contributed by atoms with Crippen LogP contribution in [0.25, 0.3) is 0 Å². The molecule has 120 valence electrons. The second-order valence-electron chi connectivity index (χ2n) is 6.85. The molecule has 0 atom stereocenters. The molecule has 0 aliphatic carbocycles. The highest BCUT2D eigenvalue weighted by atomic mass is 16.5. The van der Waals surface area contributed by atoms with E-state index in [2.05, 4.69) is 6.92 Å². The van der Waals surface area contributed by atoms with Crippen LogP contribution in [0.4, 0.5) is 0 Å². The van der Waals surface area contributed by atoms with Crippen molar-refractivity contribution in [3.63, 3.8) is 0 Å². The van der Waals surface area contributed by atoms with E-state index in [0.717, 1.165) is 39.1 Å². The highest BCUT2D eigenvalue weighted by molar-refractivity contribution is 5.83.